The maximum atomic E-state index is 12.8. The second-order valence-electron chi connectivity index (χ2n) is 5.57. The maximum Gasteiger partial charge on any atom is 0.453 e. The van der Waals surface area contributed by atoms with E-state index in [0.29, 0.717) is 18.1 Å². The molecule has 1 aliphatic heterocycles. The monoisotopic (exact) mass is 338 g/mol. The molecule has 0 spiro atoms. The smallest absolute Gasteiger partial charge is 0.363 e. The predicted molar refractivity (Wildman–Crippen MR) is 76.2 cm³/mol. The lowest BCUT2D eigenvalue weighted by Gasteiger charge is -2.08. The minimum Gasteiger partial charge on any atom is -0.363 e. The molecule has 11 heteroatoms. The van der Waals surface area contributed by atoms with Crippen molar-refractivity contribution >= 4 is 11.6 Å². The van der Waals surface area contributed by atoms with Gasteiger partial charge in [-0.05, 0) is 13.3 Å². The van der Waals surface area contributed by atoms with Crippen LogP contribution in [-0.4, -0.2) is 34.3 Å². The lowest BCUT2D eigenvalue weighted by atomic mass is 10.4. The molecule has 0 fully saturated rings. The van der Waals surface area contributed by atoms with Gasteiger partial charge in [0, 0.05) is 24.7 Å². The van der Waals surface area contributed by atoms with Crippen molar-refractivity contribution < 1.29 is 13.2 Å². The highest BCUT2D eigenvalue weighted by Crippen LogP contribution is 2.27. The summed E-state index contributed by atoms with van der Waals surface area (Å²) in [5.74, 6) is 0.725. The van der Waals surface area contributed by atoms with Crippen molar-refractivity contribution in [3.63, 3.8) is 0 Å². The van der Waals surface area contributed by atoms with Crippen molar-refractivity contribution in [3.05, 3.63) is 29.2 Å². The number of aromatic nitrogens is 7. The topological polar surface area (TPSA) is 85.8 Å². The van der Waals surface area contributed by atoms with Crippen molar-refractivity contribution in [3.8, 4) is 0 Å². The van der Waals surface area contributed by atoms with Crippen LogP contribution in [0.5, 0.6) is 0 Å². The van der Waals surface area contributed by atoms with Crippen LogP contribution >= 0.6 is 0 Å². The van der Waals surface area contributed by atoms with Crippen LogP contribution in [0.4, 0.5) is 19.0 Å². The standard InChI is InChI=1S/C13H13F3N8/c1-7-5-9(17-6-10-21-20-8-3-2-4-23(8)10)24-12(18-7)19-11(22-24)13(14,15)16/h5,17H,2-4,6H2,1H3. The first kappa shape index (κ1) is 14.8. The molecular formula is C13H13F3N8. The molecule has 1 N–H and O–H groups in total. The number of nitrogens with zero attached hydrogens (tertiary/aromatic N) is 7. The molecule has 1 aliphatic rings. The Bertz CT molecular complexity index is 910. The zero-order chi connectivity index (χ0) is 16.9. The van der Waals surface area contributed by atoms with E-state index < -0.39 is 12.0 Å². The van der Waals surface area contributed by atoms with Gasteiger partial charge in [-0.15, -0.1) is 15.3 Å². The number of hydrogen-bond acceptors (Lipinski definition) is 6. The fraction of sp³-hybridized carbons (Fsp3) is 0.462. The number of fused-ring (bicyclic) bond motifs is 2. The van der Waals surface area contributed by atoms with Gasteiger partial charge in [0.1, 0.15) is 11.6 Å². The normalized spacial score (nSPS) is 14.3. The SMILES string of the molecule is Cc1cc(NCc2nnc3n2CCC3)n2nc(C(F)(F)F)nc2n1. The minimum atomic E-state index is -4.62. The molecular weight excluding hydrogens is 325 g/mol. The first-order valence-corrected chi connectivity index (χ1v) is 7.38. The van der Waals surface area contributed by atoms with Gasteiger partial charge in [-0.1, -0.05) is 0 Å². The molecule has 8 nitrogen and oxygen atoms in total. The highest BCUT2D eigenvalue weighted by molar-refractivity contribution is 5.45. The number of rotatable bonds is 3. The summed E-state index contributed by atoms with van der Waals surface area (Å²) < 4.78 is 41.5. The van der Waals surface area contributed by atoms with E-state index in [1.807, 2.05) is 4.57 Å². The van der Waals surface area contributed by atoms with E-state index in [1.54, 1.807) is 13.0 Å². The van der Waals surface area contributed by atoms with Crippen LogP contribution in [0.25, 0.3) is 5.78 Å². The number of halogens is 3. The van der Waals surface area contributed by atoms with Crippen LogP contribution in [0.2, 0.25) is 0 Å². The number of hydrogen-bond donors (Lipinski definition) is 1. The van der Waals surface area contributed by atoms with Gasteiger partial charge < -0.3 is 9.88 Å². The van der Waals surface area contributed by atoms with E-state index >= 15 is 0 Å². The largest absolute Gasteiger partial charge is 0.453 e. The molecule has 0 unspecified atom stereocenters. The summed E-state index contributed by atoms with van der Waals surface area (Å²) >= 11 is 0. The first-order valence-electron chi connectivity index (χ1n) is 7.38. The Kier molecular flexibility index (Phi) is 3.18. The van der Waals surface area contributed by atoms with Gasteiger partial charge >= 0.3 is 6.18 Å². The molecule has 3 aromatic rings. The summed E-state index contributed by atoms with van der Waals surface area (Å²) in [7, 11) is 0. The highest BCUT2D eigenvalue weighted by Gasteiger charge is 2.36. The average Bonchev–Trinajstić information content (AvgIpc) is 3.18. The third-order valence-corrected chi connectivity index (χ3v) is 3.81. The third-order valence-electron chi connectivity index (χ3n) is 3.81. The zero-order valence-corrected chi connectivity index (χ0v) is 12.7. The van der Waals surface area contributed by atoms with Crippen molar-refractivity contribution in [1.29, 1.82) is 0 Å². The average molecular weight is 338 g/mol. The van der Waals surface area contributed by atoms with Gasteiger partial charge in [0.2, 0.25) is 0 Å². The lowest BCUT2D eigenvalue weighted by Crippen LogP contribution is -2.11. The summed E-state index contributed by atoms with van der Waals surface area (Å²) in [5, 5.41) is 14.8. The molecule has 126 valence electrons. The summed E-state index contributed by atoms with van der Waals surface area (Å²) in [6.45, 7) is 2.86. The predicted octanol–water partition coefficient (Wildman–Crippen LogP) is 1.60. The zero-order valence-electron chi connectivity index (χ0n) is 12.7. The number of aryl methyl sites for hydroxylation is 2. The second-order valence-corrected chi connectivity index (χ2v) is 5.57. The maximum absolute atomic E-state index is 12.8. The van der Waals surface area contributed by atoms with Crippen molar-refractivity contribution in [2.24, 2.45) is 0 Å². The van der Waals surface area contributed by atoms with E-state index in [4.69, 9.17) is 0 Å². The Hall–Kier alpha value is -2.72. The Morgan fingerprint density at radius 3 is 2.88 bits per heavy atom. The fourth-order valence-electron chi connectivity index (χ4n) is 2.74. The molecule has 4 rings (SSSR count). The minimum absolute atomic E-state index is 0.101. The van der Waals surface area contributed by atoms with E-state index in [-0.39, 0.29) is 5.78 Å². The summed E-state index contributed by atoms with van der Waals surface area (Å²) in [5.41, 5.74) is 0.539. The van der Waals surface area contributed by atoms with Crippen LogP contribution in [0.3, 0.4) is 0 Å². The van der Waals surface area contributed by atoms with E-state index in [9.17, 15) is 13.2 Å². The first-order chi connectivity index (χ1) is 11.4. The van der Waals surface area contributed by atoms with E-state index in [0.717, 1.165) is 35.6 Å². The van der Waals surface area contributed by atoms with Gasteiger partial charge in [-0.2, -0.15) is 22.7 Å². The molecule has 24 heavy (non-hydrogen) atoms. The van der Waals surface area contributed by atoms with Crippen LogP contribution in [0.1, 0.15) is 29.6 Å². The molecule has 0 aliphatic carbocycles. The second kappa shape index (κ2) is 5.14. The van der Waals surface area contributed by atoms with Crippen LogP contribution < -0.4 is 5.32 Å². The summed E-state index contributed by atoms with van der Waals surface area (Å²) in [6, 6.07) is 1.61. The van der Waals surface area contributed by atoms with E-state index in [1.165, 1.54) is 0 Å². The molecule has 0 saturated heterocycles. The highest BCUT2D eigenvalue weighted by atomic mass is 19.4. The molecule has 0 radical (unpaired) electrons. The number of alkyl halides is 3. The van der Waals surface area contributed by atoms with Gasteiger partial charge in [-0.25, -0.2) is 4.98 Å². The van der Waals surface area contributed by atoms with Gasteiger partial charge in [-0.3, -0.25) is 0 Å². The van der Waals surface area contributed by atoms with Crippen LogP contribution in [0.15, 0.2) is 6.07 Å². The molecule has 0 saturated carbocycles. The lowest BCUT2D eigenvalue weighted by molar-refractivity contribution is -0.144. The quantitative estimate of drug-likeness (QED) is 0.781. The molecule has 0 bridgehead atoms. The Labute approximate surface area is 133 Å². The van der Waals surface area contributed by atoms with Gasteiger partial charge in [0.05, 0.1) is 6.54 Å². The van der Waals surface area contributed by atoms with E-state index in [2.05, 4.69) is 30.6 Å². The summed E-state index contributed by atoms with van der Waals surface area (Å²) in [6.07, 6.45) is -2.70. The molecule has 4 heterocycles. The molecule has 3 aromatic heterocycles. The summed E-state index contributed by atoms with van der Waals surface area (Å²) in [4.78, 5) is 7.44. The van der Waals surface area contributed by atoms with Crippen LogP contribution in [-0.2, 0) is 25.7 Å². The Balaban J connectivity index is 1.66. The molecule has 0 atom stereocenters. The Morgan fingerprint density at radius 1 is 1.25 bits per heavy atom. The van der Waals surface area contributed by atoms with Crippen molar-refractivity contribution in [1.82, 2.24) is 34.3 Å². The van der Waals surface area contributed by atoms with Crippen LogP contribution in [0, 0.1) is 6.92 Å². The van der Waals surface area contributed by atoms with Crippen molar-refractivity contribution in [2.45, 2.75) is 39.0 Å². The fourth-order valence-corrected chi connectivity index (χ4v) is 2.74. The number of nitrogens with one attached hydrogen (secondary N) is 1. The third kappa shape index (κ3) is 2.45. The van der Waals surface area contributed by atoms with Gasteiger partial charge in [0.15, 0.2) is 5.82 Å². The number of anilines is 1. The Morgan fingerprint density at radius 2 is 2.08 bits per heavy atom. The molecule has 0 aromatic carbocycles. The van der Waals surface area contributed by atoms with Crippen molar-refractivity contribution in [2.75, 3.05) is 5.32 Å². The molecule has 0 amide bonds. The van der Waals surface area contributed by atoms with Gasteiger partial charge in [0.25, 0.3) is 11.6 Å².